The van der Waals surface area contributed by atoms with Crippen LogP contribution in [0.3, 0.4) is 0 Å². The van der Waals surface area contributed by atoms with E-state index in [2.05, 4.69) is 24.9 Å². The molecule has 1 aromatic carbocycles. The first kappa shape index (κ1) is 17.2. The van der Waals surface area contributed by atoms with E-state index in [0.717, 1.165) is 23.4 Å². The minimum absolute atomic E-state index is 0.0336. The van der Waals surface area contributed by atoms with Gasteiger partial charge >= 0.3 is 0 Å². The summed E-state index contributed by atoms with van der Waals surface area (Å²) in [4.78, 5) is 17.5. The van der Waals surface area contributed by atoms with E-state index in [1.807, 2.05) is 6.92 Å². The summed E-state index contributed by atoms with van der Waals surface area (Å²) in [6, 6.07) is 7.31. The number of phenolic OH excluding ortho intramolecular Hbond substituents is 1. The largest absolute Gasteiger partial charge is 0.504 e. The van der Waals surface area contributed by atoms with E-state index < -0.39 is 5.92 Å². The predicted octanol–water partition coefficient (Wildman–Crippen LogP) is 3.74. The Hall–Kier alpha value is -2.61. The van der Waals surface area contributed by atoms with Crippen molar-refractivity contribution in [1.29, 1.82) is 5.26 Å². The number of rotatable bonds is 2. The molecule has 1 aromatic rings. The van der Waals surface area contributed by atoms with Gasteiger partial charge in [0, 0.05) is 29.3 Å². The van der Waals surface area contributed by atoms with Gasteiger partial charge in [-0.1, -0.05) is 19.9 Å². The van der Waals surface area contributed by atoms with Crippen molar-refractivity contribution in [3.8, 4) is 17.6 Å². The Kier molecular flexibility index (Phi) is 4.16. The third-order valence-electron chi connectivity index (χ3n) is 5.00. The fraction of sp³-hybridized carbons (Fsp3) is 0.450. The highest BCUT2D eigenvalue weighted by atomic mass is 16.5. The molecule has 1 aliphatic heterocycles. The SMILES string of the molecule is COc1cc([C@H]2C3=C(CC(C)(C)CC3=O)N=C(C)C2C#N)ccc1O. The standard InChI is InChI=1S/C20H22N2O3/c1-11-13(10-21)18(12-5-6-15(23)17(7-12)25-4)19-14(22-11)8-20(2,3)9-16(19)24/h5-7,13,18,23H,8-9H2,1-4H3/t13?,18-/m1/s1. The molecular weight excluding hydrogens is 316 g/mol. The first-order valence-corrected chi connectivity index (χ1v) is 8.35. The van der Waals surface area contributed by atoms with Crippen LogP contribution >= 0.6 is 0 Å². The molecular formula is C20H22N2O3. The maximum absolute atomic E-state index is 12.9. The van der Waals surface area contributed by atoms with Gasteiger partial charge in [-0.15, -0.1) is 0 Å². The van der Waals surface area contributed by atoms with Crippen LogP contribution < -0.4 is 4.74 Å². The summed E-state index contributed by atoms with van der Waals surface area (Å²) in [5, 5.41) is 19.6. The summed E-state index contributed by atoms with van der Waals surface area (Å²) in [6.45, 7) is 5.97. The lowest BCUT2D eigenvalue weighted by atomic mass is 9.67. The number of carbonyl (C=O) groups excluding carboxylic acids is 1. The minimum Gasteiger partial charge on any atom is -0.504 e. The van der Waals surface area contributed by atoms with E-state index in [-0.39, 0.29) is 22.9 Å². The number of carbonyl (C=O) groups is 1. The maximum atomic E-state index is 12.9. The summed E-state index contributed by atoms with van der Waals surface area (Å²) >= 11 is 0. The van der Waals surface area contributed by atoms with Crippen molar-refractivity contribution < 1.29 is 14.6 Å². The van der Waals surface area contributed by atoms with Gasteiger partial charge in [-0.3, -0.25) is 9.79 Å². The Balaban J connectivity index is 2.19. The molecule has 0 fully saturated rings. The molecule has 1 heterocycles. The molecule has 25 heavy (non-hydrogen) atoms. The van der Waals surface area contributed by atoms with Gasteiger partial charge in [-0.25, -0.2) is 0 Å². The lowest BCUT2D eigenvalue weighted by molar-refractivity contribution is -0.118. The Morgan fingerprint density at radius 2 is 2.08 bits per heavy atom. The van der Waals surface area contributed by atoms with Crippen molar-refractivity contribution in [2.45, 2.75) is 39.5 Å². The van der Waals surface area contributed by atoms with Crippen LogP contribution in [0.5, 0.6) is 11.5 Å². The van der Waals surface area contributed by atoms with Gasteiger partial charge in [0.15, 0.2) is 17.3 Å². The number of allylic oxidation sites excluding steroid dienone is 2. The van der Waals surface area contributed by atoms with Gasteiger partial charge < -0.3 is 9.84 Å². The van der Waals surface area contributed by atoms with Gasteiger partial charge in [0.05, 0.1) is 19.1 Å². The predicted molar refractivity (Wildman–Crippen MR) is 94.7 cm³/mol. The Morgan fingerprint density at radius 1 is 1.36 bits per heavy atom. The number of aliphatic imine (C=N–C) groups is 1. The number of hydrogen-bond acceptors (Lipinski definition) is 5. The number of ketones is 1. The molecule has 1 N–H and O–H groups in total. The van der Waals surface area contributed by atoms with E-state index in [1.54, 1.807) is 18.2 Å². The van der Waals surface area contributed by atoms with Gasteiger partial charge in [0.25, 0.3) is 0 Å². The molecule has 1 unspecified atom stereocenters. The number of benzene rings is 1. The van der Waals surface area contributed by atoms with Crippen LogP contribution in [0.1, 0.15) is 45.1 Å². The normalized spacial score (nSPS) is 25.1. The Bertz CT molecular complexity index is 843. The van der Waals surface area contributed by atoms with Crippen molar-refractivity contribution in [3.63, 3.8) is 0 Å². The maximum Gasteiger partial charge on any atom is 0.161 e. The van der Waals surface area contributed by atoms with Crippen LogP contribution in [-0.4, -0.2) is 23.7 Å². The second kappa shape index (κ2) is 6.03. The Labute approximate surface area is 147 Å². The number of nitrogens with zero attached hydrogens (tertiary/aromatic N) is 2. The molecule has 130 valence electrons. The van der Waals surface area contributed by atoms with Crippen LogP contribution in [-0.2, 0) is 4.79 Å². The highest BCUT2D eigenvalue weighted by Gasteiger charge is 2.43. The molecule has 0 spiro atoms. The quantitative estimate of drug-likeness (QED) is 0.890. The highest BCUT2D eigenvalue weighted by Crippen LogP contribution is 2.48. The number of ether oxygens (including phenoxy) is 1. The number of nitriles is 1. The van der Waals surface area contributed by atoms with E-state index in [1.165, 1.54) is 7.11 Å². The highest BCUT2D eigenvalue weighted by molar-refractivity contribution is 6.03. The summed E-state index contributed by atoms with van der Waals surface area (Å²) < 4.78 is 5.20. The van der Waals surface area contributed by atoms with Crippen LogP contribution in [0.4, 0.5) is 0 Å². The zero-order chi connectivity index (χ0) is 18.4. The molecule has 0 saturated heterocycles. The van der Waals surface area contributed by atoms with Gasteiger partial charge in [0.1, 0.15) is 0 Å². The number of Topliss-reactive ketones (excluding diaryl/α,β-unsaturated/α-hetero) is 1. The Morgan fingerprint density at radius 3 is 2.72 bits per heavy atom. The molecule has 5 heteroatoms. The number of aromatic hydroxyl groups is 1. The fourth-order valence-corrected chi connectivity index (χ4v) is 3.86. The minimum atomic E-state index is -0.502. The average molecular weight is 338 g/mol. The summed E-state index contributed by atoms with van der Waals surface area (Å²) in [5.74, 6) is -0.458. The molecule has 3 rings (SSSR count). The number of hydrogen-bond donors (Lipinski definition) is 1. The summed E-state index contributed by atoms with van der Waals surface area (Å²) in [6.07, 6.45) is 1.17. The average Bonchev–Trinajstić information content (AvgIpc) is 2.53. The summed E-state index contributed by atoms with van der Waals surface area (Å²) in [5.41, 5.74) is 2.82. The zero-order valence-electron chi connectivity index (χ0n) is 15.0. The monoisotopic (exact) mass is 338 g/mol. The molecule has 2 aliphatic rings. The topological polar surface area (TPSA) is 82.7 Å². The molecule has 0 aromatic heterocycles. The first-order chi connectivity index (χ1) is 11.8. The van der Waals surface area contributed by atoms with E-state index in [0.29, 0.717) is 17.7 Å². The molecule has 0 amide bonds. The van der Waals surface area contributed by atoms with Crippen LogP contribution in [0, 0.1) is 22.7 Å². The van der Waals surface area contributed by atoms with Crippen molar-refractivity contribution in [2.24, 2.45) is 16.3 Å². The van der Waals surface area contributed by atoms with Crippen LogP contribution in [0.2, 0.25) is 0 Å². The molecule has 5 nitrogen and oxygen atoms in total. The fourth-order valence-electron chi connectivity index (χ4n) is 3.86. The first-order valence-electron chi connectivity index (χ1n) is 8.35. The van der Waals surface area contributed by atoms with Crippen molar-refractivity contribution >= 4 is 11.5 Å². The smallest absolute Gasteiger partial charge is 0.161 e. The molecule has 0 bridgehead atoms. The van der Waals surface area contributed by atoms with E-state index in [9.17, 15) is 15.2 Å². The molecule has 0 saturated carbocycles. The number of methoxy groups -OCH3 is 1. The van der Waals surface area contributed by atoms with Crippen molar-refractivity contribution in [2.75, 3.05) is 7.11 Å². The van der Waals surface area contributed by atoms with Gasteiger partial charge in [-0.05, 0) is 36.5 Å². The zero-order valence-corrected chi connectivity index (χ0v) is 15.0. The summed E-state index contributed by atoms with van der Waals surface area (Å²) in [7, 11) is 1.48. The molecule has 1 aliphatic carbocycles. The lowest BCUT2D eigenvalue weighted by Gasteiger charge is -2.38. The van der Waals surface area contributed by atoms with Crippen LogP contribution in [0.25, 0.3) is 0 Å². The lowest BCUT2D eigenvalue weighted by Crippen LogP contribution is -2.35. The van der Waals surface area contributed by atoms with Gasteiger partial charge in [0.2, 0.25) is 0 Å². The van der Waals surface area contributed by atoms with E-state index >= 15 is 0 Å². The molecule has 0 radical (unpaired) electrons. The molecule has 2 atom stereocenters. The second-order valence-electron chi connectivity index (χ2n) is 7.57. The van der Waals surface area contributed by atoms with Crippen molar-refractivity contribution in [1.82, 2.24) is 0 Å². The van der Waals surface area contributed by atoms with Gasteiger partial charge in [-0.2, -0.15) is 5.26 Å². The third-order valence-corrected chi connectivity index (χ3v) is 5.00. The number of phenols is 1. The van der Waals surface area contributed by atoms with Crippen LogP contribution in [0.15, 0.2) is 34.5 Å². The van der Waals surface area contributed by atoms with E-state index in [4.69, 9.17) is 4.74 Å². The third kappa shape index (κ3) is 2.93. The van der Waals surface area contributed by atoms with Crippen molar-refractivity contribution in [3.05, 3.63) is 35.0 Å². The second-order valence-corrected chi connectivity index (χ2v) is 7.57.